The number of nitrogens with one attached hydrogen (secondary N) is 1. The molecule has 0 saturated carbocycles. The van der Waals surface area contributed by atoms with Crippen LogP contribution in [0.5, 0.6) is 0 Å². The van der Waals surface area contributed by atoms with Crippen LogP contribution in [0, 0.1) is 0 Å². The monoisotopic (exact) mass is 233 g/mol. The SMILES string of the molecule is C=C(CC(=O)OC)C(=O)NCc1ccccc1. The predicted molar refractivity (Wildman–Crippen MR) is 64.1 cm³/mol. The molecule has 0 saturated heterocycles. The Hall–Kier alpha value is -2.10. The average Bonchev–Trinajstić information content (AvgIpc) is 2.36. The van der Waals surface area contributed by atoms with E-state index in [-0.39, 0.29) is 17.9 Å². The lowest BCUT2D eigenvalue weighted by atomic mass is 10.2. The molecule has 0 fully saturated rings. The van der Waals surface area contributed by atoms with Crippen LogP contribution in [0.2, 0.25) is 0 Å². The fourth-order valence-corrected chi connectivity index (χ4v) is 1.23. The maximum atomic E-state index is 11.5. The van der Waals surface area contributed by atoms with Crippen molar-refractivity contribution in [2.45, 2.75) is 13.0 Å². The summed E-state index contributed by atoms with van der Waals surface area (Å²) in [5, 5.41) is 2.68. The summed E-state index contributed by atoms with van der Waals surface area (Å²) in [6, 6.07) is 9.50. The van der Waals surface area contributed by atoms with E-state index in [1.54, 1.807) is 0 Å². The van der Waals surface area contributed by atoms with E-state index < -0.39 is 5.97 Å². The van der Waals surface area contributed by atoms with Crippen LogP contribution in [0.15, 0.2) is 42.5 Å². The van der Waals surface area contributed by atoms with Gasteiger partial charge in [-0.1, -0.05) is 36.9 Å². The molecule has 1 N–H and O–H groups in total. The Morgan fingerprint density at radius 3 is 2.53 bits per heavy atom. The van der Waals surface area contributed by atoms with E-state index in [1.807, 2.05) is 30.3 Å². The first-order chi connectivity index (χ1) is 8.13. The van der Waals surface area contributed by atoms with Gasteiger partial charge in [0.1, 0.15) is 0 Å². The molecular weight excluding hydrogens is 218 g/mol. The third kappa shape index (κ3) is 4.51. The molecule has 0 unspecified atom stereocenters. The van der Waals surface area contributed by atoms with Crippen LogP contribution < -0.4 is 5.32 Å². The highest BCUT2D eigenvalue weighted by atomic mass is 16.5. The van der Waals surface area contributed by atoms with E-state index in [9.17, 15) is 9.59 Å². The Labute approximate surface area is 100 Å². The Kier molecular flexibility index (Phi) is 4.94. The number of rotatable bonds is 5. The molecule has 0 spiro atoms. The topological polar surface area (TPSA) is 55.4 Å². The number of esters is 1. The van der Waals surface area contributed by atoms with Gasteiger partial charge in [-0.05, 0) is 5.56 Å². The Morgan fingerprint density at radius 1 is 1.29 bits per heavy atom. The van der Waals surface area contributed by atoms with Crippen molar-refractivity contribution in [1.82, 2.24) is 5.32 Å². The Bertz CT molecular complexity index is 412. The smallest absolute Gasteiger partial charge is 0.310 e. The third-order valence-electron chi connectivity index (χ3n) is 2.20. The van der Waals surface area contributed by atoms with E-state index in [0.29, 0.717) is 6.54 Å². The van der Waals surface area contributed by atoms with Crippen LogP contribution in [0.1, 0.15) is 12.0 Å². The fourth-order valence-electron chi connectivity index (χ4n) is 1.23. The molecule has 17 heavy (non-hydrogen) atoms. The maximum Gasteiger partial charge on any atom is 0.310 e. The molecule has 0 bridgehead atoms. The first-order valence-electron chi connectivity index (χ1n) is 5.20. The second-order valence-corrected chi connectivity index (χ2v) is 3.52. The fraction of sp³-hybridized carbons (Fsp3) is 0.231. The molecule has 0 aromatic heterocycles. The number of carbonyl (C=O) groups is 2. The second-order valence-electron chi connectivity index (χ2n) is 3.52. The van der Waals surface area contributed by atoms with Crippen molar-refractivity contribution in [2.24, 2.45) is 0 Å². The van der Waals surface area contributed by atoms with Crippen LogP contribution >= 0.6 is 0 Å². The van der Waals surface area contributed by atoms with Crippen LogP contribution in [0.3, 0.4) is 0 Å². The van der Waals surface area contributed by atoms with Crippen molar-refractivity contribution >= 4 is 11.9 Å². The summed E-state index contributed by atoms with van der Waals surface area (Å²) in [5.74, 6) is -0.802. The molecule has 0 aliphatic carbocycles. The van der Waals surface area contributed by atoms with E-state index in [4.69, 9.17) is 0 Å². The van der Waals surface area contributed by atoms with Gasteiger partial charge in [-0.25, -0.2) is 0 Å². The molecule has 1 aromatic carbocycles. The van der Waals surface area contributed by atoms with Gasteiger partial charge in [-0.3, -0.25) is 9.59 Å². The molecule has 1 aromatic rings. The number of hydrogen-bond acceptors (Lipinski definition) is 3. The molecule has 0 aliphatic rings. The molecule has 0 atom stereocenters. The summed E-state index contributed by atoms with van der Waals surface area (Å²) in [6.45, 7) is 3.96. The highest BCUT2D eigenvalue weighted by molar-refractivity contribution is 5.96. The molecule has 4 nitrogen and oxygen atoms in total. The Balaban J connectivity index is 2.40. The van der Waals surface area contributed by atoms with Crippen molar-refractivity contribution in [2.75, 3.05) is 7.11 Å². The zero-order valence-corrected chi connectivity index (χ0v) is 9.73. The van der Waals surface area contributed by atoms with Gasteiger partial charge >= 0.3 is 5.97 Å². The van der Waals surface area contributed by atoms with Gasteiger partial charge in [0, 0.05) is 12.1 Å². The highest BCUT2D eigenvalue weighted by Gasteiger charge is 2.11. The zero-order chi connectivity index (χ0) is 12.7. The van der Waals surface area contributed by atoms with E-state index >= 15 is 0 Å². The highest BCUT2D eigenvalue weighted by Crippen LogP contribution is 2.02. The van der Waals surface area contributed by atoms with Gasteiger partial charge in [-0.2, -0.15) is 0 Å². The van der Waals surface area contributed by atoms with Crippen LogP contribution in [-0.2, 0) is 20.9 Å². The van der Waals surface area contributed by atoms with Crippen molar-refractivity contribution in [3.05, 3.63) is 48.0 Å². The number of benzene rings is 1. The largest absolute Gasteiger partial charge is 0.469 e. The minimum absolute atomic E-state index is 0.0862. The summed E-state index contributed by atoms with van der Waals surface area (Å²) in [4.78, 5) is 22.5. The lowest BCUT2D eigenvalue weighted by molar-refractivity contribution is -0.140. The molecule has 4 heteroatoms. The Morgan fingerprint density at radius 2 is 1.94 bits per heavy atom. The van der Waals surface area contributed by atoms with Gasteiger partial charge in [0.25, 0.3) is 0 Å². The summed E-state index contributed by atoms with van der Waals surface area (Å²) >= 11 is 0. The van der Waals surface area contributed by atoms with Gasteiger partial charge < -0.3 is 10.1 Å². The summed E-state index contributed by atoms with van der Waals surface area (Å²) in [6.07, 6.45) is -0.0862. The molecule has 0 radical (unpaired) electrons. The minimum Gasteiger partial charge on any atom is -0.469 e. The number of hydrogen-bond donors (Lipinski definition) is 1. The molecule has 0 aliphatic heterocycles. The van der Waals surface area contributed by atoms with Crippen LogP contribution in [-0.4, -0.2) is 19.0 Å². The quantitative estimate of drug-likeness (QED) is 0.618. The average molecular weight is 233 g/mol. The molecule has 1 amide bonds. The minimum atomic E-state index is -0.468. The molecular formula is C13H15NO3. The lowest BCUT2D eigenvalue weighted by Crippen LogP contribution is -2.25. The number of carbonyl (C=O) groups excluding carboxylic acids is 2. The molecule has 90 valence electrons. The molecule has 0 heterocycles. The van der Waals surface area contributed by atoms with Crippen LogP contribution in [0.25, 0.3) is 0 Å². The summed E-state index contributed by atoms with van der Waals surface area (Å²) in [7, 11) is 1.28. The van der Waals surface area contributed by atoms with Crippen molar-refractivity contribution < 1.29 is 14.3 Å². The van der Waals surface area contributed by atoms with Gasteiger partial charge in [0.15, 0.2) is 0 Å². The van der Waals surface area contributed by atoms with E-state index in [2.05, 4.69) is 16.6 Å². The van der Waals surface area contributed by atoms with Gasteiger partial charge in [-0.15, -0.1) is 0 Å². The first-order valence-corrected chi connectivity index (χ1v) is 5.20. The van der Waals surface area contributed by atoms with Gasteiger partial charge in [0.2, 0.25) is 5.91 Å². The maximum absolute atomic E-state index is 11.5. The van der Waals surface area contributed by atoms with E-state index in [0.717, 1.165) is 5.56 Å². The number of methoxy groups -OCH3 is 1. The van der Waals surface area contributed by atoms with Crippen molar-refractivity contribution in [3.8, 4) is 0 Å². The third-order valence-corrected chi connectivity index (χ3v) is 2.20. The zero-order valence-electron chi connectivity index (χ0n) is 9.73. The van der Waals surface area contributed by atoms with Crippen LogP contribution in [0.4, 0.5) is 0 Å². The summed E-state index contributed by atoms with van der Waals surface area (Å²) in [5.41, 5.74) is 1.19. The predicted octanol–water partition coefficient (Wildman–Crippen LogP) is 1.42. The normalized spacial score (nSPS) is 9.47. The standard InChI is InChI=1S/C13H15NO3/c1-10(8-12(15)17-2)13(16)14-9-11-6-4-3-5-7-11/h3-7H,1,8-9H2,2H3,(H,14,16). The lowest BCUT2D eigenvalue weighted by Gasteiger charge is -2.06. The number of ether oxygens (including phenoxy) is 1. The van der Waals surface area contributed by atoms with Crippen molar-refractivity contribution in [3.63, 3.8) is 0 Å². The summed E-state index contributed by atoms with van der Waals surface area (Å²) < 4.78 is 4.45. The van der Waals surface area contributed by atoms with Gasteiger partial charge in [0.05, 0.1) is 13.5 Å². The number of amides is 1. The van der Waals surface area contributed by atoms with E-state index in [1.165, 1.54) is 7.11 Å². The first kappa shape index (κ1) is 13.0. The van der Waals surface area contributed by atoms with Crippen molar-refractivity contribution in [1.29, 1.82) is 0 Å². The second kappa shape index (κ2) is 6.48. The molecule has 1 rings (SSSR count).